The minimum atomic E-state index is -0.483. The molecule has 1 aliphatic heterocycles. The van der Waals surface area contributed by atoms with Gasteiger partial charge in [0.05, 0.1) is 28.3 Å². The van der Waals surface area contributed by atoms with Gasteiger partial charge in [-0.3, -0.25) is 5.10 Å². The Hall–Kier alpha value is -1.53. The van der Waals surface area contributed by atoms with E-state index in [1.54, 1.807) is 12.3 Å². The van der Waals surface area contributed by atoms with Crippen LogP contribution in [0.1, 0.15) is 27.7 Å². The normalized spacial score (nSPS) is 21.2. The highest BCUT2D eigenvalue weighted by atomic mass is 16.7. The van der Waals surface area contributed by atoms with E-state index in [9.17, 15) is 5.11 Å². The van der Waals surface area contributed by atoms with Crippen molar-refractivity contribution in [2.75, 3.05) is 0 Å². The number of aromatic amines is 1. The molecule has 0 bridgehead atoms. The lowest BCUT2D eigenvalue weighted by Gasteiger charge is -2.32. The molecule has 0 atom stereocenters. The molecule has 5 nitrogen and oxygen atoms in total. The first kappa shape index (κ1) is 12.5. The van der Waals surface area contributed by atoms with Gasteiger partial charge in [-0.1, -0.05) is 0 Å². The minimum Gasteiger partial charge on any atom is -0.507 e. The third kappa shape index (κ3) is 1.83. The SMILES string of the molecule is CC1(C)OB(c2cc(O)c3cn[nH]c3c2)OC1(C)C. The zero-order valence-corrected chi connectivity index (χ0v) is 11.5. The maximum absolute atomic E-state index is 9.99. The molecular weight excluding hydrogens is 243 g/mol. The van der Waals surface area contributed by atoms with Crippen LogP contribution in [0.2, 0.25) is 0 Å². The summed E-state index contributed by atoms with van der Waals surface area (Å²) in [6, 6.07) is 3.56. The molecule has 1 saturated heterocycles. The first-order chi connectivity index (χ1) is 8.80. The molecule has 0 amide bonds. The predicted molar refractivity (Wildman–Crippen MR) is 73.5 cm³/mol. The number of nitrogens with one attached hydrogen (secondary N) is 1. The van der Waals surface area contributed by atoms with Crippen LogP contribution in [0.3, 0.4) is 0 Å². The second-order valence-electron chi connectivity index (χ2n) is 5.96. The number of fused-ring (bicyclic) bond motifs is 1. The molecule has 2 heterocycles. The third-order valence-electron chi connectivity index (χ3n) is 4.08. The number of benzene rings is 1. The summed E-state index contributed by atoms with van der Waals surface area (Å²) in [4.78, 5) is 0. The fraction of sp³-hybridized carbons (Fsp3) is 0.462. The van der Waals surface area contributed by atoms with Crippen molar-refractivity contribution < 1.29 is 14.4 Å². The molecule has 1 fully saturated rings. The van der Waals surface area contributed by atoms with Crippen LogP contribution in [0.15, 0.2) is 18.3 Å². The van der Waals surface area contributed by atoms with Crippen molar-refractivity contribution in [2.24, 2.45) is 0 Å². The molecule has 0 radical (unpaired) electrons. The number of hydrogen-bond donors (Lipinski definition) is 2. The Balaban J connectivity index is 2.02. The quantitative estimate of drug-likeness (QED) is 0.764. The van der Waals surface area contributed by atoms with Crippen molar-refractivity contribution in [3.8, 4) is 5.75 Å². The topological polar surface area (TPSA) is 67.4 Å². The lowest BCUT2D eigenvalue weighted by atomic mass is 9.78. The molecule has 0 unspecified atom stereocenters. The highest BCUT2D eigenvalue weighted by molar-refractivity contribution is 6.62. The lowest BCUT2D eigenvalue weighted by Crippen LogP contribution is -2.41. The zero-order valence-electron chi connectivity index (χ0n) is 11.5. The van der Waals surface area contributed by atoms with Crippen LogP contribution in [0.4, 0.5) is 0 Å². The molecule has 1 aliphatic rings. The third-order valence-corrected chi connectivity index (χ3v) is 4.08. The van der Waals surface area contributed by atoms with E-state index >= 15 is 0 Å². The fourth-order valence-electron chi connectivity index (χ4n) is 2.17. The van der Waals surface area contributed by atoms with Gasteiger partial charge in [0, 0.05) is 0 Å². The molecule has 3 rings (SSSR count). The fourth-order valence-corrected chi connectivity index (χ4v) is 2.17. The van der Waals surface area contributed by atoms with Gasteiger partial charge < -0.3 is 14.4 Å². The number of phenolic OH excluding ortho intramolecular Hbond substituents is 1. The van der Waals surface area contributed by atoms with Crippen molar-refractivity contribution in [3.05, 3.63) is 18.3 Å². The predicted octanol–water partition coefficient (Wildman–Crippen LogP) is 1.57. The standard InChI is InChI=1S/C13H17BN2O3/c1-12(2)13(3,4)19-14(18-12)8-5-10-9(7-15-16-10)11(17)6-8/h5-7,17H,1-4H3,(H,15,16). The molecule has 6 heteroatoms. The van der Waals surface area contributed by atoms with Crippen molar-refractivity contribution in [1.29, 1.82) is 0 Å². The Morgan fingerprint density at radius 3 is 2.42 bits per heavy atom. The largest absolute Gasteiger partial charge is 0.507 e. The van der Waals surface area contributed by atoms with Gasteiger partial charge in [0.15, 0.2) is 0 Å². The first-order valence-electron chi connectivity index (χ1n) is 6.32. The monoisotopic (exact) mass is 260 g/mol. The Bertz CT molecular complexity index is 620. The average Bonchev–Trinajstić information content (AvgIpc) is 2.82. The number of hydrogen-bond acceptors (Lipinski definition) is 4. The van der Waals surface area contributed by atoms with E-state index in [2.05, 4.69) is 10.2 Å². The van der Waals surface area contributed by atoms with Gasteiger partial charge in [0.25, 0.3) is 0 Å². The number of rotatable bonds is 1. The number of aromatic nitrogens is 2. The maximum atomic E-state index is 9.99. The van der Waals surface area contributed by atoms with Crippen LogP contribution in [-0.4, -0.2) is 33.6 Å². The number of nitrogens with zero attached hydrogens (tertiary/aromatic N) is 1. The Kier molecular flexibility index (Phi) is 2.46. The summed E-state index contributed by atoms with van der Waals surface area (Å²) in [6.45, 7) is 8.01. The maximum Gasteiger partial charge on any atom is 0.495 e. The number of aromatic hydroxyl groups is 1. The summed E-state index contributed by atoms with van der Waals surface area (Å²) in [5.41, 5.74) is 0.768. The number of phenols is 1. The summed E-state index contributed by atoms with van der Waals surface area (Å²) in [6.07, 6.45) is 1.60. The molecule has 2 N–H and O–H groups in total. The average molecular weight is 260 g/mol. The van der Waals surface area contributed by atoms with E-state index in [-0.39, 0.29) is 5.75 Å². The van der Waals surface area contributed by atoms with E-state index in [0.29, 0.717) is 5.39 Å². The van der Waals surface area contributed by atoms with Crippen LogP contribution >= 0.6 is 0 Å². The van der Waals surface area contributed by atoms with Gasteiger partial charge in [0.2, 0.25) is 0 Å². The van der Waals surface area contributed by atoms with E-state index in [1.807, 2.05) is 33.8 Å². The van der Waals surface area contributed by atoms with Gasteiger partial charge in [-0.05, 0) is 45.3 Å². The number of H-pyrrole nitrogens is 1. The van der Waals surface area contributed by atoms with Gasteiger partial charge in [-0.2, -0.15) is 5.10 Å². The van der Waals surface area contributed by atoms with Crippen LogP contribution in [0.25, 0.3) is 10.9 Å². The molecule has 0 spiro atoms. The van der Waals surface area contributed by atoms with Gasteiger partial charge in [-0.15, -0.1) is 0 Å². The molecule has 0 aliphatic carbocycles. The Morgan fingerprint density at radius 2 is 1.79 bits per heavy atom. The lowest BCUT2D eigenvalue weighted by molar-refractivity contribution is 0.00578. The highest BCUT2D eigenvalue weighted by Crippen LogP contribution is 2.37. The molecule has 1 aromatic carbocycles. The smallest absolute Gasteiger partial charge is 0.495 e. The molecular formula is C13H17BN2O3. The highest BCUT2D eigenvalue weighted by Gasteiger charge is 2.51. The Morgan fingerprint density at radius 1 is 1.16 bits per heavy atom. The minimum absolute atomic E-state index is 0.177. The second-order valence-corrected chi connectivity index (χ2v) is 5.96. The van der Waals surface area contributed by atoms with Crippen molar-refractivity contribution in [1.82, 2.24) is 10.2 Å². The summed E-state index contributed by atoms with van der Waals surface area (Å²) < 4.78 is 11.9. The molecule has 0 saturated carbocycles. The van der Waals surface area contributed by atoms with Gasteiger partial charge in [0.1, 0.15) is 5.75 Å². The molecule has 1 aromatic heterocycles. The van der Waals surface area contributed by atoms with Crippen LogP contribution in [0.5, 0.6) is 5.75 Å². The summed E-state index contributed by atoms with van der Waals surface area (Å²) >= 11 is 0. The molecule has 100 valence electrons. The zero-order chi connectivity index (χ0) is 13.8. The van der Waals surface area contributed by atoms with Gasteiger partial charge >= 0.3 is 7.12 Å². The Labute approximate surface area is 112 Å². The molecule has 2 aromatic rings. The summed E-state index contributed by atoms with van der Waals surface area (Å²) in [5.74, 6) is 0.177. The second kappa shape index (κ2) is 3.74. The summed E-state index contributed by atoms with van der Waals surface area (Å²) in [7, 11) is -0.483. The van der Waals surface area contributed by atoms with Crippen molar-refractivity contribution in [2.45, 2.75) is 38.9 Å². The van der Waals surface area contributed by atoms with Crippen molar-refractivity contribution in [3.63, 3.8) is 0 Å². The van der Waals surface area contributed by atoms with E-state index < -0.39 is 18.3 Å². The van der Waals surface area contributed by atoms with E-state index in [1.165, 1.54) is 0 Å². The first-order valence-corrected chi connectivity index (χ1v) is 6.32. The molecule has 19 heavy (non-hydrogen) atoms. The van der Waals surface area contributed by atoms with E-state index in [0.717, 1.165) is 11.0 Å². The van der Waals surface area contributed by atoms with E-state index in [4.69, 9.17) is 9.31 Å². The van der Waals surface area contributed by atoms with Crippen LogP contribution in [-0.2, 0) is 9.31 Å². The van der Waals surface area contributed by atoms with Gasteiger partial charge in [-0.25, -0.2) is 0 Å². The summed E-state index contributed by atoms with van der Waals surface area (Å²) in [5, 5.41) is 17.5. The van der Waals surface area contributed by atoms with Crippen molar-refractivity contribution >= 4 is 23.5 Å². The van der Waals surface area contributed by atoms with Crippen LogP contribution < -0.4 is 5.46 Å². The van der Waals surface area contributed by atoms with Crippen LogP contribution in [0, 0.1) is 0 Å².